The van der Waals surface area contributed by atoms with E-state index >= 15 is 0 Å². The van der Waals surface area contributed by atoms with Crippen LogP contribution in [0.5, 0.6) is 0 Å². The third-order valence-electron chi connectivity index (χ3n) is 4.85. The van der Waals surface area contributed by atoms with E-state index in [9.17, 15) is 9.59 Å². The SMILES string of the molecule is CCC(N)(CC)CNC(=O)c1cccc(NC(=O)C2CC2C)c1. The number of hydrogen-bond acceptors (Lipinski definition) is 3. The highest BCUT2D eigenvalue weighted by Gasteiger charge is 2.39. The highest BCUT2D eigenvalue weighted by molar-refractivity contribution is 5.98. The minimum absolute atomic E-state index is 0.0352. The molecule has 0 saturated heterocycles. The van der Waals surface area contributed by atoms with E-state index in [0.717, 1.165) is 19.3 Å². The number of benzene rings is 1. The molecule has 0 radical (unpaired) electrons. The molecule has 1 saturated carbocycles. The van der Waals surface area contributed by atoms with E-state index in [-0.39, 0.29) is 23.3 Å². The van der Waals surface area contributed by atoms with Gasteiger partial charge in [0.15, 0.2) is 0 Å². The van der Waals surface area contributed by atoms with Gasteiger partial charge in [-0.2, -0.15) is 0 Å². The van der Waals surface area contributed by atoms with Gasteiger partial charge in [-0.3, -0.25) is 9.59 Å². The average Bonchev–Trinajstić information content (AvgIpc) is 3.29. The van der Waals surface area contributed by atoms with Crippen molar-refractivity contribution in [1.82, 2.24) is 5.32 Å². The molecule has 0 aliphatic heterocycles. The van der Waals surface area contributed by atoms with E-state index in [1.54, 1.807) is 24.3 Å². The summed E-state index contributed by atoms with van der Waals surface area (Å²) in [6.07, 6.45) is 2.55. The number of carbonyl (C=O) groups excluding carboxylic acids is 2. The van der Waals surface area contributed by atoms with Gasteiger partial charge in [0, 0.05) is 29.3 Å². The van der Waals surface area contributed by atoms with Crippen molar-refractivity contribution in [2.24, 2.45) is 17.6 Å². The van der Waals surface area contributed by atoms with Crippen molar-refractivity contribution in [3.05, 3.63) is 29.8 Å². The smallest absolute Gasteiger partial charge is 0.251 e. The summed E-state index contributed by atoms with van der Waals surface area (Å²) < 4.78 is 0. The number of anilines is 1. The molecular formula is C18H27N3O2. The Hall–Kier alpha value is -1.88. The topological polar surface area (TPSA) is 84.2 Å². The average molecular weight is 317 g/mol. The van der Waals surface area contributed by atoms with Gasteiger partial charge in [-0.15, -0.1) is 0 Å². The molecule has 1 aromatic rings. The number of rotatable bonds is 7. The molecule has 4 N–H and O–H groups in total. The highest BCUT2D eigenvalue weighted by atomic mass is 16.2. The van der Waals surface area contributed by atoms with Gasteiger partial charge in [0.2, 0.25) is 5.91 Å². The summed E-state index contributed by atoms with van der Waals surface area (Å²) in [6, 6.07) is 7.01. The molecule has 2 atom stereocenters. The number of hydrogen-bond donors (Lipinski definition) is 3. The van der Waals surface area contributed by atoms with Crippen molar-refractivity contribution in [2.45, 2.75) is 45.6 Å². The molecule has 1 aromatic carbocycles. The molecule has 0 heterocycles. The Bertz CT molecular complexity index is 581. The molecule has 2 amide bonds. The molecule has 1 aliphatic carbocycles. The molecule has 5 nitrogen and oxygen atoms in total. The van der Waals surface area contributed by atoms with E-state index in [2.05, 4.69) is 17.6 Å². The molecule has 2 unspecified atom stereocenters. The Morgan fingerprint density at radius 1 is 1.30 bits per heavy atom. The van der Waals surface area contributed by atoms with Crippen LogP contribution >= 0.6 is 0 Å². The predicted molar refractivity (Wildman–Crippen MR) is 92.2 cm³/mol. The van der Waals surface area contributed by atoms with Gasteiger partial charge in [-0.25, -0.2) is 0 Å². The summed E-state index contributed by atoms with van der Waals surface area (Å²) in [6.45, 7) is 6.54. The molecule has 0 aromatic heterocycles. The summed E-state index contributed by atoms with van der Waals surface area (Å²) in [4.78, 5) is 24.3. The first-order valence-electron chi connectivity index (χ1n) is 8.36. The molecule has 1 fully saturated rings. The third-order valence-corrected chi connectivity index (χ3v) is 4.85. The maximum Gasteiger partial charge on any atom is 0.251 e. The fraction of sp³-hybridized carbons (Fsp3) is 0.556. The predicted octanol–water partition coefficient (Wildman–Crippen LogP) is 2.53. The van der Waals surface area contributed by atoms with Crippen molar-refractivity contribution in [3.63, 3.8) is 0 Å². The van der Waals surface area contributed by atoms with E-state index in [1.165, 1.54) is 0 Å². The Morgan fingerprint density at radius 2 is 1.96 bits per heavy atom. The number of nitrogens with two attached hydrogens (primary N) is 1. The molecule has 23 heavy (non-hydrogen) atoms. The van der Waals surface area contributed by atoms with Crippen LogP contribution in [0, 0.1) is 11.8 Å². The minimum atomic E-state index is -0.371. The molecule has 5 heteroatoms. The lowest BCUT2D eigenvalue weighted by Crippen LogP contribution is -2.49. The third kappa shape index (κ3) is 4.55. The number of amides is 2. The molecule has 0 bridgehead atoms. The minimum Gasteiger partial charge on any atom is -0.350 e. The van der Waals surface area contributed by atoms with Crippen LogP contribution in [-0.4, -0.2) is 23.9 Å². The maximum absolute atomic E-state index is 12.3. The fourth-order valence-electron chi connectivity index (χ4n) is 2.52. The number of nitrogens with one attached hydrogen (secondary N) is 2. The second-order valence-electron chi connectivity index (χ2n) is 6.64. The van der Waals surface area contributed by atoms with E-state index in [0.29, 0.717) is 23.7 Å². The summed E-state index contributed by atoms with van der Waals surface area (Å²) in [5, 5.41) is 5.77. The van der Waals surface area contributed by atoms with E-state index in [1.807, 2.05) is 13.8 Å². The molecule has 126 valence electrons. The second kappa shape index (κ2) is 7.13. The zero-order valence-corrected chi connectivity index (χ0v) is 14.2. The fourth-order valence-corrected chi connectivity index (χ4v) is 2.52. The van der Waals surface area contributed by atoms with Gasteiger partial charge in [0.1, 0.15) is 0 Å². The Kier molecular flexibility index (Phi) is 5.42. The summed E-state index contributed by atoms with van der Waals surface area (Å²) in [5.41, 5.74) is 7.02. The molecule has 1 aliphatic rings. The van der Waals surface area contributed by atoms with Gasteiger partial charge in [0.05, 0.1) is 0 Å². The van der Waals surface area contributed by atoms with Crippen LogP contribution in [0.3, 0.4) is 0 Å². The van der Waals surface area contributed by atoms with E-state index < -0.39 is 0 Å². The zero-order chi connectivity index (χ0) is 17.0. The standard InChI is InChI=1S/C18H27N3O2/c1-4-18(19,5-2)11-20-16(22)13-7-6-8-14(10-13)21-17(23)15-9-12(15)3/h6-8,10,12,15H,4-5,9,11,19H2,1-3H3,(H,20,22)(H,21,23). The van der Waals surface area contributed by atoms with Crippen molar-refractivity contribution in [1.29, 1.82) is 0 Å². The molecular weight excluding hydrogens is 290 g/mol. The van der Waals surface area contributed by atoms with Crippen LogP contribution in [0.4, 0.5) is 5.69 Å². The number of carbonyl (C=O) groups is 2. The van der Waals surface area contributed by atoms with Crippen molar-refractivity contribution in [2.75, 3.05) is 11.9 Å². The quantitative estimate of drug-likeness (QED) is 0.722. The largest absolute Gasteiger partial charge is 0.350 e. The lowest BCUT2D eigenvalue weighted by Gasteiger charge is -2.26. The monoisotopic (exact) mass is 317 g/mol. The van der Waals surface area contributed by atoms with Gasteiger partial charge < -0.3 is 16.4 Å². The Labute approximate surface area is 138 Å². The van der Waals surface area contributed by atoms with Crippen molar-refractivity contribution in [3.8, 4) is 0 Å². The van der Waals surface area contributed by atoms with E-state index in [4.69, 9.17) is 5.73 Å². The first-order valence-corrected chi connectivity index (χ1v) is 8.36. The van der Waals surface area contributed by atoms with Crippen LogP contribution in [-0.2, 0) is 4.79 Å². The normalized spacial score (nSPS) is 20.0. The maximum atomic E-state index is 12.3. The summed E-state index contributed by atoms with van der Waals surface area (Å²) >= 11 is 0. The van der Waals surface area contributed by atoms with Crippen molar-refractivity contribution < 1.29 is 9.59 Å². The Morgan fingerprint density at radius 3 is 2.52 bits per heavy atom. The van der Waals surface area contributed by atoms with Crippen LogP contribution in [0.2, 0.25) is 0 Å². The summed E-state index contributed by atoms with van der Waals surface area (Å²) in [5.74, 6) is 0.437. The van der Waals surface area contributed by atoms with Gasteiger partial charge in [-0.1, -0.05) is 26.8 Å². The lowest BCUT2D eigenvalue weighted by atomic mass is 9.94. The van der Waals surface area contributed by atoms with Crippen molar-refractivity contribution >= 4 is 17.5 Å². The molecule has 2 rings (SSSR count). The van der Waals surface area contributed by atoms with Crippen LogP contribution in [0.15, 0.2) is 24.3 Å². The van der Waals surface area contributed by atoms with Gasteiger partial charge in [-0.05, 0) is 43.4 Å². The van der Waals surface area contributed by atoms with Crippen LogP contribution in [0.1, 0.15) is 50.4 Å². The van der Waals surface area contributed by atoms with Crippen LogP contribution < -0.4 is 16.4 Å². The second-order valence-corrected chi connectivity index (χ2v) is 6.64. The van der Waals surface area contributed by atoms with Gasteiger partial charge in [0.25, 0.3) is 5.91 Å². The first kappa shape index (κ1) is 17.5. The Balaban J connectivity index is 1.96. The zero-order valence-electron chi connectivity index (χ0n) is 14.2. The van der Waals surface area contributed by atoms with Crippen LogP contribution in [0.25, 0.3) is 0 Å². The first-order chi connectivity index (χ1) is 10.9. The van der Waals surface area contributed by atoms with Gasteiger partial charge >= 0.3 is 0 Å². The highest BCUT2D eigenvalue weighted by Crippen LogP contribution is 2.38. The molecule has 0 spiro atoms. The summed E-state index contributed by atoms with van der Waals surface area (Å²) in [7, 11) is 0. The lowest BCUT2D eigenvalue weighted by molar-refractivity contribution is -0.117.